The van der Waals surface area contributed by atoms with Crippen LogP contribution in [0.1, 0.15) is 27.6 Å². The normalized spacial score (nSPS) is 11.7. The van der Waals surface area contributed by atoms with E-state index >= 15 is 0 Å². The third-order valence-electron chi connectivity index (χ3n) is 4.14. The monoisotopic (exact) mass is 363 g/mol. The number of carbonyl (C=O) groups is 1. The summed E-state index contributed by atoms with van der Waals surface area (Å²) in [6.07, 6.45) is 0.398. The highest BCUT2D eigenvalue weighted by Gasteiger charge is 2.19. The number of nitrogens with two attached hydrogens (primary N) is 1. The Bertz CT molecular complexity index is 863. The van der Waals surface area contributed by atoms with Crippen molar-refractivity contribution in [2.75, 3.05) is 12.8 Å². The Morgan fingerprint density at radius 2 is 1.62 bits per heavy atom. The van der Waals surface area contributed by atoms with Crippen molar-refractivity contribution >= 4 is 23.2 Å². The Morgan fingerprint density at radius 3 is 2.27 bits per heavy atom. The number of thioether (sulfide) groups is 1. The topological polar surface area (TPSA) is 52.3 Å². The number of hydrogen-bond acceptors (Lipinski definition) is 4. The number of benzene rings is 3. The smallest absolute Gasteiger partial charge is 0.164 e. The van der Waals surface area contributed by atoms with Crippen LogP contribution in [0.4, 0.5) is 5.69 Å². The lowest BCUT2D eigenvalue weighted by Crippen LogP contribution is -2.06. The van der Waals surface area contributed by atoms with Crippen molar-refractivity contribution < 1.29 is 9.53 Å². The van der Waals surface area contributed by atoms with Crippen molar-refractivity contribution in [3.05, 3.63) is 90.0 Å². The number of nitrogen functional groups attached to an aromatic ring is 1. The van der Waals surface area contributed by atoms with Crippen LogP contribution in [-0.4, -0.2) is 12.9 Å². The van der Waals surface area contributed by atoms with E-state index in [-0.39, 0.29) is 11.0 Å². The summed E-state index contributed by atoms with van der Waals surface area (Å²) in [4.78, 5) is 13.7. The molecule has 0 aliphatic rings. The van der Waals surface area contributed by atoms with Gasteiger partial charge in [-0.3, -0.25) is 4.79 Å². The van der Waals surface area contributed by atoms with Crippen molar-refractivity contribution in [3.63, 3.8) is 0 Å². The van der Waals surface area contributed by atoms with Crippen LogP contribution < -0.4 is 10.5 Å². The van der Waals surface area contributed by atoms with Gasteiger partial charge in [0, 0.05) is 27.8 Å². The van der Waals surface area contributed by atoms with E-state index in [0.29, 0.717) is 6.42 Å². The predicted octanol–water partition coefficient (Wildman–Crippen LogP) is 5.38. The minimum atomic E-state index is -0.0293. The van der Waals surface area contributed by atoms with Crippen LogP contribution in [0.3, 0.4) is 0 Å². The fourth-order valence-corrected chi connectivity index (χ4v) is 3.89. The number of hydrogen-bond donors (Lipinski definition) is 1. The predicted molar refractivity (Wildman–Crippen MR) is 108 cm³/mol. The molecule has 4 heteroatoms. The zero-order valence-electron chi connectivity index (χ0n) is 14.6. The zero-order chi connectivity index (χ0) is 18.4. The standard InChI is InChI=1S/C22H21NO2S/c1-25-18-13-11-17(12-14-18)22(26-21-10-6-5-9-19(21)23)15-20(24)16-7-3-2-4-8-16/h2-14,22H,15,23H2,1H3. The maximum atomic E-state index is 12.8. The molecule has 3 aromatic carbocycles. The van der Waals surface area contributed by atoms with E-state index in [0.717, 1.165) is 27.5 Å². The van der Waals surface area contributed by atoms with E-state index in [2.05, 4.69) is 0 Å². The number of para-hydroxylation sites is 1. The first-order valence-electron chi connectivity index (χ1n) is 8.40. The molecule has 0 heterocycles. The molecule has 0 aliphatic heterocycles. The molecule has 0 saturated carbocycles. The molecule has 0 bridgehead atoms. The Hall–Kier alpha value is -2.72. The van der Waals surface area contributed by atoms with Crippen molar-refractivity contribution in [1.29, 1.82) is 0 Å². The molecule has 3 rings (SSSR count). The van der Waals surface area contributed by atoms with Crippen LogP contribution >= 0.6 is 11.8 Å². The Labute approximate surface area is 158 Å². The molecule has 3 aromatic rings. The van der Waals surface area contributed by atoms with Gasteiger partial charge >= 0.3 is 0 Å². The first kappa shape index (κ1) is 18.1. The van der Waals surface area contributed by atoms with Crippen LogP contribution in [-0.2, 0) is 0 Å². The molecule has 1 atom stereocenters. The minimum Gasteiger partial charge on any atom is -0.497 e. The van der Waals surface area contributed by atoms with E-state index in [4.69, 9.17) is 10.5 Å². The van der Waals surface area contributed by atoms with Crippen molar-refractivity contribution in [2.24, 2.45) is 0 Å². The van der Waals surface area contributed by atoms with Gasteiger partial charge in [0.25, 0.3) is 0 Å². The number of methoxy groups -OCH3 is 1. The molecule has 132 valence electrons. The van der Waals surface area contributed by atoms with Gasteiger partial charge in [0.1, 0.15) is 5.75 Å². The second kappa shape index (κ2) is 8.59. The summed E-state index contributed by atoms with van der Waals surface area (Å²) in [5.41, 5.74) is 8.64. The number of carbonyl (C=O) groups excluding carboxylic acids is 1. The van der Waals surface area contributed by atoms with Crippen LogP contribution in [0.5, 0.6) is 5.75 Å². The fourth-order valence-electron chi connectivity index (χ4n) is 2.70. The summed E-state index contributed by atoms with van der Waals surface area (Å²) >= 11 is 1.62. The maximum Gasteiger partial charge on any atom is 0.164 e. The Morgan fingerprint density at radius 1 is 0.962 bits per heavy atom. The average molecular weight is 363 g/mol. The van der Waals surface area contributed by atoms with Gasteiger partial charge in [0.05, 0.1) is 7.11 Å². The van der Waals surface area contributed by atoms with Gasteiger partial charge in [0.2, 0.25) is 0 Å². The van der Waals surface area contributed by atoms with Gasteiger partial charge in [-0.15, -0.1) is 11.8 Å². The summed E-state index contributed by atoms with van der Waals surface area (Å²) in [5.74, 6) is 0.916. The molecule has 0 aromatic heterocycles. The van der Waals surface area contributed by atoms with Gasteiger partial charge in [-0.05, 0) is 29.8 Å². The first-order valence-corrected chi connectivity index (χ1v) is 9.28. The SMILES string of the molecule is COc1ccc(C(CC(=O)c2ccccc2)Sc2ccccc2N)cc1. The lowest BCUT2D eigenvalue weighted by atomic mass is 10.0. The highest BCUT2D eigenvalue weighted by molar-refractivity contribution is 7.99. The van der Waals surface area contributed by atoms with Crippen molar-refractivity contribution in [2.45, 2.75) is 16.6 Å². The van der Waals surface area contributed by atoms with Crippen molar-refractivity contribution in [1.82, 2.24) is 0 Å². The molecule has 3 nitrogen and oxygen atoms in total. The van der Waals surface area contributed by atoms with Gasteiger partial charge < -0.3 is 10.5 Å². The van der Waals surface area contributed by atoms with E-state index < -0.39 is 0 Å². The number of ketones is 1. The van der Waals surface area contributed by atoms with E-state index in [1.54, 1.807) is 18.9 Å². The molecule has 0 radical (unpaired) electrons. The summed E-state index contributed by atoms with van der Waals surface area (Å²) in [5, 5.41) is -0.0293. The molecular formula is C22H21NO2S. The molecule has 0 amide bonds. The van der Waals surface area contributed by atoms with Gasteiger partial charge in [-0.1, -0.05) is 54.6 Å². The summed E-state index contributed by atoms with van der Waals surface area (Å²) < 4.78 is 5.24. The second-order valence-corrected chi connectivity index (χ2v) is 7.16. The summed E-state index contributed by atoms with van der Waals surface area (Å²) in [6.45, 7) is 0. The first-order chi connectivity index (χ1) is 12.7. The summed E-state index contributed by atoms with van der Waals surface area (Å²) in [7, 11) is 1.64. The highest BCUT2D eigenvalue weighted by Crippen LogP contribution is 2.41. The van der Waals surface area contributed by atoms with Crippen molar-refractivity contribution in [3.8, 4) is 5.75 Å². The maximum absolute atomic E-state index is 12.8. The molecule has 0 aliphatic carbocycles. The molecule has 2 N–H and O–H groups in total. The van der Waals surface area contributed by atoms with Crippen LogP contribution in [0.25, 0.3) is 0 Å². The third kappa shape index (κ3) is 4.46. The van der Waals surface area contributed by atoms with E-state index in [1.165, 1.54) is 0 Å². The van der Waals surface area contributed by atoms with Gasteiger partial charge in [-0.25, -0.2) is 0 Å². The lowest BCUT2D eigenvalue weighted by molar-refractivity contribution is 0.0982. The molecular weight excluding hydrogens is 342 g/mol. The minimum absolute atomic E-state index is 0.0293. The van der Waals surface area contributed by atoms with Crippen LogP contribution in [0.15, 0.2) is 83.8 Å². The molecule has 0 saturated heterocycles. The second-order valence-electron chi connectivity index (χ2n) is 5.91. The number of ether oxygens (including phenoxy) is 1. The van der Waals surface area contributed by atoms with E-state index in [9.17, 15) is 4.79 Å². The fraction of sp³-hybridized carbons (Fsp3) is 0.136. The highest BCUT2D eigenvalue weighted by atomic mass is 32.2. The summed E-state index contributed by atoms with van der Waals surface area (Å²) in [6, 6.07) is 25.0. The number of rotatable bonds is 7. The molecule has 1 unspecified atom stereocenters. The average Bonchev–Trinajstić information content (AvgIpc) is 2.70. The van der Waals surface area contributed by atoms with E-state index in [1.807, 2.05) is 78.9 Å². The number of anilines is 1. The van der Waals surface area contributed by atoms with Crippen LogP contribution in [0.2, 0.25) is 0 Å². The largest absolute Gasteiger partial charge is 0.497 e. The lowest BCUT2D eigenvalue weighted by Gasteiger charge is -2.18. The van der Waals surface area contributed by atoms with Gasteiger partial charge in [0.15, 0.2) is 5.78 Å². The zero-order valence-corrected chi connectivity index (χ0v) is 15.4. The Kier molecular flexibility index (Phi) is 5.97. The van der Waals surface area contributed by atoms with Gasteiger partial charge in [-0.2, -0.15) is 0 Å². The molecule has 0 fully saturated rings. The third-order valence-corrected chi connectivity index (χ3v) is 5.49. The molecule has 26 heavy (non-hydrogen) atoms. The Balaban J connectivity index is 1.87. The quantitative estimate of drug-likeness (QED) is 0.348. The van der Waals surface area contributed by atoms with Crippen LogP contribution in [0, 0.1) is 0 Å². The molecule has 0 spiro atoms. The number of Topliss-reactive ketones (excluding diaryl/α,β-unsaturated/α-hetero) is 1.